The van der Waals surface area contributed by atoms with Crippen molar-refractivity contribution in [3.8, 4) is 6.07 Å². The van der Waals surface area contributed by atoms with Gasteiger partial charge in [0, 0.05) is 26.2 Å². The Kier molecular flexibility index (Phi) is 9.27. The Morgan fingerprint density at radius 2 is 1.75 bits per heavy atom. The minimum absolute atomic E-state index is 0.202. The van der Waals surface area contributed by atoms with Gasteiger partial charge in [-0.2, -0.15) is 5.26 Å². The molecule has 1 heterocycles. The van der Waals surface area contributed by atoms with Crippen molar-refractivity contribution in [2.24, 2.45) is 0 Å². The van der Waals surface area contributed by atoms with Crippen LogP contribution >= 0.6 is 0 Å². The van der Waals surface area contributed by atoms with Crippen molar-refractivity contribution in [3.05, 3.63) is 35.9 Å². The normalized spacial score (nSPS) is 14.8. The molecule has 0 spiro atoms. The molecule has 0 aliphatic carbocycles. The van der Waals surface area contributed by atoms with E-state index in [0.717, 1.165) is 0 Å². The van der Waals surface area contributed by atoms with Gasteiger partial charge in [-0.15, -0.1) is 0 Å². The lowest BCUT2D eigenvalue weighted by Crippen LogP contribution is -2.58. The first-order valence-corrected chi connectivity index (χ1v) is 11.9. The molecular formula is C20H27N5O6S. The lowest BCUT2D eigenvalue weighted by Gasteiger charge is -2.34. The van der Waals surface area contributed by atoms with Gasteiger partial charge in [-0.3, -0.25) is 4.79 Å². The molecule has 2 N–H and O–H groups in total. The zero-order chi connectivity index (χ0) is 23.6. The van der Waals surface area contributed by atoms with Gasteiger partial charge >= 0.3 is 12.1 Å². The first kappa shape index (κ1) is 24.9. The molecule has 2 rings (SSSR count). The van der Waals surface area contributed by atoms with Crippen LogP contribution in [0.15, 0.2) is 30.3 Å². The predicted molar refractivity (Wildman–Crippen MR) is 115 cm³/mol. The number of sulfone groups is 1. The van der Waals surface area contributed by atoms with E-state index in [1.165, 1.54) is 9.80 Å². The summed E-state index contributed by atoms with van der Waals surface area (Å²) < 4.78 is 30.3. The maximum absolute atomic E-state index is 12.7. The van der Waals surface area contributed by atoms with Crippen LogP contribution in [-0.4, -0.2) is 87.4 Å². The lowest BCUT2D eigenvalue weighted by molar-refractivity contribution is -0.122. The molecule has 1 aliphatic rings. The van der Waals surface area contributed by atoms with Crippen molar-refractivity contribution in [1.29, 1.82) is 5.26 Å². The van der Waals surface area contributed by atoms with E-state index < -0.39 is 39.7 Å². The minimum Gasteiger partial charge on any atom is -0.450 e. The number of hydrogen-bond acceptors (Lipinski definition) is 7. The van der Waals surface area contributed by atoms with Crippen LogP contribution in [0.4, 0.5) is 9.59 Å². The summed E-state index contributed by atoms with van der Waals surface area (Å²) in [5, 5.41) is 13.5. The van der Waals surface area contributed by atoms with Crippen molar-refractivity contribution >= 4 is 27.9 Å². The highest BCUT2D eigenvalue weighted by Crippen LogP contribution is 2.09. The van der Waals surface area contributed by atoms with Crippen molar-refractivity contribution in [3.63, 3.8) is 0 Å². The number of hydrogen-bond donors (Lipinski definition) is 2. The number of nitrogens with zero attached hydrogens (tertiary/aromatic N) is 3. The smallest absolute Gasteiger partial charge is 0.409 e. The number of rotatable bonds is 8. The zero-order valence-electron chi connectivity index (χ0n) is 17.8. The summed E-state index contributed by atoms with van der Waals surface area (Å²) in [7, 11) is -3.75. The van der Waals surface area contributed by atoms with Crippen LogP contribution in [0.25, 0.3) is 0 Å². The molecule has 0 bridgehead atoms. The number of ether oxygens (including phenoxy) is 1. The third kappa shape index (κ3) is 7.73. The fourth-order valence-electron chi connectivity index (χ4n) is 3.12. The number of carbonyl (C=O) groups excluding carboxylic acids is 3. The molecule has 1 aromatic rings. The highest BCUT2D eigenvalue weighted by molar-refractivity contribution is 7.90. The average Bonchev–Trinajstić information content (AvgIpc) is 2.77. The van der Waals surface area contributed by atoms with Crippen LogP contribution in [0.3, 0.4) is 0 Å². The van der Waals surface area contributed by atoms with Gasteiger partial charge in [-0.05, 0) is 12.5 Å². The highest BCUT2D eigenvalue weighted by atomic mass is 32.2. The van der Waals surface area contributed by atoms with Crippen molar-refractivity contribution < 1.29 is 27.5 Å². The summed E-state index contributed by atoms with van der Waals surface area (Å²) in [6.45, 7) is 2.54. The monoisotopic (exact) mass is 465 g/mol. The van der Waals surface area contributed by atoms with Gasteiger partial charge in [0.2, 0.25) is 5.91 Å². The first-order valence-electron chi connectivity index (χ1n) is 10.1. The SMILES string of the molecule is CCOC(=O)N1CCN(C(=O)N[C@@H](CS(=O)(=O)Cc2ccccc2)C(=O)NCC#N)CC1. The minimum atomic E-state index is -3.75. The summed E-state index contributed by atoms with van der Waals surface area (Å²) in [6.07, 6.45) is -0.465. The predicted octanol–water partition coefficient (Wildman–Crippen LogP) is 0.0935. The topological polar surface area (TPSA) is 149 Å². The van der Waals surface area contributed by atoms with Crippen molar-refractivity contribution in [2.75, 3.05) is 45.1 Å². The van der Waals surface area contributed by atoms with E-state index in [1.807, 2.05) is 0 Å². The van der Waals surface area contributed by atoms with Crippen LogP contribution in [0.2, 0.25) is 0 Å². The maximum atomic E-state index is 12.7. The van der Waals surface area contributed by atoms with Gasteiger partial charge in [0.05, 0.1) is 24.2 Å². The molecule has 12 heteroatoms. The Hall–Kier alpha value is -3.33. The summed E-state index contributed by atoms with van der Waals surface area (Å²) in [5.74, 6) is -1.67. The van der Waals surface area contributed by atoms with Gasteiger partial charge in [-0.25, -0.2) is 18.0 Å². The molecule has 0 unspecified atom stereocenters. The van der Waals surface area contributed by atoms with Crippen LogP contribution in [-0.2, 0) is 25.1 Å². The number of carbonyl (C=O) groups is 3. The number of piperazine rings is 1. The molecule has 1 atom stereocenters. The van der Waals surface area contributed by atoms with Gasteiger partial charge < -0.3 is 25.2 Å². The fourth-order valence-corrected chi connectivity index (χ4v) is 4.68. The molecule has 1 aliphatic heterocycles. The lowest BCUT2D eigenvalue weighted by atomic mass is 10.2. The maximum Gasteiger partial charge on any atom is 0.409 e. The van der Waals surface area contributed by atoms with Crippen molar-refractivity contribution in [2.45, 2.75) is 18.7 Å². The van der Waals surface area contributed by atoms with E-state index in [-0.39, 0.29) is 45.1 Å². The standard InChI is InChI=1S/C20H27N5O6S/c1-2-31-20(28)25-12-10-24(11-13-25)19(27)23-17(18(26)22-9-8-21)15-32(29,30)14-16-6-4-3-5-7-16/h3-7,17H,2,9-15H2,1H3,(H,22,26)(H,23,27)/t17-/m0/s1. The molecule has 1 saturated heterocycles. The van der Waals surface area contributed by atoms with Crippen LogP contribution in [0.5, 0.6) is 0 Å². The Balaban J connectivity index is 2.02. The van der Waals surface area contributed by atoms with Crippen LogP contribution < -0.4 is 10.6 Å². The Morgan fingerprint density at radius 1 is 1.12 bits per heavy atom. The fraction of sp³-hybridized carbons (Fsp3) is 0.500. The quantitative estimate of drug-likeness (QED) is 0.517. The number of benzene rings is 1. The molecule has 0 aromatic heterocycles. The average molecular weight is 466 g/mol. The van der Waals surface area contributed by atoms with Crippen molar-refractivity contribution in [1.82, 2.24) is 20.4 Å². The van der Waals surface area contributed by atoms with E-state index in [1.54, 1.807) is 43.3 Å². The number of amides is 4. The largest absolute Gasteiger partial charge is 0.450 e. The molecule has 174 valence electrons. The Labute approximate surface area is 187 Å². The number of nitriles is 1. The Morgan fingerprint density at radius 3 is 2.34 bits per heavy atom. The number of nitrogens with one attached hydrogen (secondary N) is 2. The first-order chi connectivity index (χ1) is 15.3. The number of urea groups is 1. The second-order valence-corrected chi connectivity index (χ2v) is 9.20. The summed E-state index contributed by atoms with van der Waals surface area (Å²) in [4.78, 5) is 39.8. The third-order valence-corrected chi connectivity index (χ3v) is 6.31. The molecule has 4 amide bonds. The molecule has 0 saturated carbocycles. The van der Waals surface area contributed by atoms with E-state index in [9.17, 15) is 22.8 Å². The zero-order valence-corrected chi connectivity index (χ0v) is 18.6. The molecule has 32 heavy (non-hydrogen) atoms. The van der Waals surface area contributed by atoms with Crippen LogP contribution in [0, 0.1) is 11.3 Å². The molecular weight excluding hydrogens is 438 g/mol. The third-order valence-electron chi connectivity index (χ3n) is 4.70. The summed E-state index contributed by atoms with van der Waals surface area (Å²) >= 11 is 0. The van der Waals surface area contributed by atoms with Gasteiger partial charge in [-0.1, -0.05) is 30.3 Å². The Bertz CT molecular complexity index is 939. The van der Waals surface area contributed by atoms with Gasteiger partial charge in [0.1, 0.15) is 12.6 Å². The molecule has 11 nitrogen and oxygen atoms in total. The van der Waals surface area contributed by atoms with E-state index in [2.05, 4.69) is 10.6 Å². The highest BCUT2D eigenvalue weighted by Gasteiger charge is 2.31. The molecule has 1 aromatic carbocycles. The second kappa shape index (κ2) is 11.9. The summed E-state index contributed by atoms with van der Waals surface area (Å²) in [5.41, 5.74) is 0.560. The van der Waals surface area contributed by atoms with Gasteiger partial charge in [0.25, 0.3) is 0 Å². The second-order valence-electron chi connectivity index (χ2n) is 7.09. The molecule has 1 fully saturated rings. The van der Waals surface area contributed by atoms with Gasteiger partial charge in [0.15, 0.2) is 9.84 Å². The van der Waals surface area contributed by atoms with Crippen LogP contribution in [0.1, 0.15) is 12.5 Å². The molecule has 0 radical (unpaired) electrons. The van der Waals surface area contributed by atoms with E-state index in [4.69, 9.17) is 10.00 Å². The van der Waals surface area contributed by atoms with E-state index >= 15 is 0 Å². The van der Waals surface area contributed by atoms with E-state index in [0.29, 0.717) is 5.56 Å². The summed E-state index contributed by atoms with van der Waals surface area (Å²) in [6, 6.07) is 8.24.